The molecule has 6 nitrogen and oxygen atoms in total. The topological polar surface area (TPSA) is 113 Å². The number of benzene rings is 1. The van der Waals surface area contributed by atoms with Crippen LogP contribution in [0, 0.1) is 0 Å². The van der Waals surface area contributed by atoms with E-state index in [0.717, 1.165) is 10.2 Å². The van der Waals surface area contributed by atoms with Crippen molar-refractivity contribution in [3.8, 4) is 11.3 Å². The molecule has 2 aromatic rings. The van der Waals surface area contributed by atoms with Gasteiger partial charge in [-0.25, -0.2) is 4.98 Å². The lowest BCUT2D eigenvalue weighted by atomic mass is 10.1. The molecule has 0 atom stereocenters. The van der Waals surface area contributed by atoms with Crippen molar-refractivity contribution in [3.05, 3.63) is 40.7 Å². The zero-order valence-corrected chi connectivity index (χ0v) is 8.42. The molecule has 82 valence electrons. The van der Waals surface area contributed by atoms with E-state index in [1.165, 1.54) is 0 Å². The predicted molar refractivity (Wildman–Crippen MR) is 62.9 cm³/mol. The van der Waals surface area contributed by atoms with Crippen molar-refractivity contribution < 1.29 is 0 Å². The smallest absolute Gasteiger partial charge is 0.297 e. The second-order valence-corrected chi connectivity index (χ2v) is 3.27. The zero-order chi connectivity index (χ0) is 11.7. The number of nitrogens with zero attached hydrogens (tertiary/aromatic N) is 2. The Labute approximate surface area is 91.3 Å². The van der Waals surface area contributed by atoms with Crippen LogP contribution < -0.4 is 22.9 Å². The maximum absolute atomic E-state index is 11.6. The highest BCUT2D eigenvalue weighted by atomic mass is 16.1. The van der Waals surface area contributed by atoms with E-state index >= 15 is 0 Å². The van der Waals surface area contributed by atoms with Gasteiger partial charge in [-0.05, 0) is 0 Å². The van der Waals surface area contributed by atoms with Crippen LogP contribution in [0.15, 0.2) is 35.1 Å². The third-order valence-corrected chi connectivity index (χ3v) is 2.22. The number of anilines is 2. The average molecular weight is 217 g/mol. The molecular weight excluding hydrogens is 206 g/mol. The number of nitrogen functional groups attached to an aromatic ring is 3. The highest BCUT2D eigenvalue weighted by Crippen LogP contribution is 2.20. The first-order chi connectivity index (χ1) is 7.61. The fourth-order valence-electron chi connectivity index (χ4n) is 1.38. The van der Waals surface area contributed by atoms with Crippen LogP contribution in [0.2, 0.25) is 0 Å². The van der Waals surface area contributed by atoms with Crippen LogP contribution in [0.25, 0.3) is 11.3 Å². The van der Waals surface area contributed by atoms with Crippen molar-refractivity contribution >= 4 is 11.6 Å². The SMILES string of the molecule is Nc1c(-c2ccccc2)nc(N)n(N)c1=O. The Bertz CT molecular complexity index is 576. The van der Waals surface area contributed by atoms with Crippen molar-refractivity contribution in [1.29, 1.82) is 0 Å². The molecule has 0 spiro atoms. The van der Waals surface area contributed by atoms with Gasteiger partial charge in [0.25, 0.3) is 5.56 Å². The zero-order valence-electron chi connectivity index (χ0n) is 8.42. The lowest BCUT2D eigenvalue weighted by molar-refractivity contribution is 0.917. The average Bonchev–Trinajstić information content (AvgIpc) is 2.32. The minimum absolute atomic E-state index is 0.0112. The van der Waals surface area contributed by atoms with Gasteiger partial charge in [0.15, 0.2) is 0 Å². The van der Waals surface area contributed by atoms with E-state index < -0.39 is 5.56 Å². The summed E-state index contributed by atoms with van der Waals surface area (Å²) >= 11 is 0. The summed E-state index contributed by atoms with van der Waals surface area (Å²) in [5, 5.41) is 0. The van der Waals surface area contributed by atoms with Crippen LogP contribution in [-0.2, 0) is 0 Å². The van der Waals surface area contributed by atoms with Gasteiger partial charge >= 0.3 is 0 Å². The first-order valence-corrected chi connectivity index (χ1v) is 4.59. The second-order valence-electron chi connectivity index (χ2n) is 3.27. The standard InChI is InChI=1S/C10H11N5O/c11-7-8(6-4-2-1-3-5-6)14-10(12)15(13)9(7)16/h1-5H,11,13H2,(H2,12,14). The van der Waals surface area contributed by atoms with Crippen LogP contribution in [-0.4, -0.2) is 9.66 Å². The van der Waals surface area contributed by atoms with Gasteiger partial charge in [-0.15, -0.1) is 0 Å². The van der Waals surface area contributed by atoms with Crippen molar-refractivity contribution in [2.45, 2.75) is 0 Å². The van der Waals surface area contributed by atoms with Gasteiger partial charge in [-0.1, -0.05) is 30.3 Å². The molecule has 0 aliphatic carbocycles. The molecule has 6 heteroatoms. The van der Waals surface area contributed by atoms with Gasteiger partial charge in [0.05, 0.1) is 0 Å². The molecule has 1 aromatic carbocycles. The molecular formula is C10H11N5O. The van der Waals surface area contributed by atoms with Crippen LogP contribution in [0.4, 0.5) is 11.6 Å². The lowest BCUT2D eigenvalue weighted by Crippen LogP contribution is -2.32. The molecule has 0 amide bonds. The third-order valence-electron chi connectivity index (χ3n) is 2.22. The third kappa shape index (κ3) is 1.46. The number of hydrogen-bond donors (Lipinski definition) is 3. The van der Waals surface area contributed by atoms with Gasteiger partial charge in [-0.3, -0.25) is 4.79 Å². The fourth-order valence-corrected chi connectivity index (χ4v) is 1.38. The van der Waals surface area contributed by atoms with Crippen LogP contribution in [0.1, 0.15) is 0 Å². The van der Waals surface area contributed by atoms with Gasteiger partial charge in [0, 0.05) is 5.56 Å². The minimum Gasteiger partial charge on any atom is -0.392 e. The number of nitrogens with two attached hydrogens (primary N) is 3. The molecule has 0 fully saturated rings. The Morgan fingerprint density at radius 1 is 1.12 bits per heavy atom. The summed E-state index contributed by atoms with van der Waals surface area (Å²) in [5.74, 6) is 5.30. The summed E-state index contributed by atoms with van der Waals surface area (Å²) < 4.78 is 0.724. The van der Waals surface area contributed by atoms with Crippen LogP contribution in [0.5, 0.6) is 0 Å². The van der Waals surface area contributed by atoms with Gasteiger partial charge < -0.3 is 17.3 Å². The monoisotopic (exact) mass is 217 g/mol. The molecule has 1 heterocycles. The van der Waals surface area contributed by atoms with Gasteiger partial charge in [0.1, 0.15) is 11.4 Å². The molecule has 0 radical (unpaired) electrons. The summed E-state index contributed by atoms with van der Waals surface area (Å²) in [4.78, 5) is 15.6. The summed E-state index contributed by atoms with van der Waals surface area (Å²) in [6.07, 6.45) is 0. The maximum Gasteiger partial charge on any atom is 0.297 e. The molecule has 0 aliphatic heterocycles. The van der Waals surface area contributed by atoms with Gasteiger partial charge in [0.2, 0.25) is 5.95 Å². The van der Waals surface area contributed by atoms with E-state index in [4.69, 9.17) is 17.3 Å². The molecule has 6 N–H and O–H groups in total. The minimum atomic E-state index is -0.550. The Balaban J connectivity index is 2.73. The first-order valence-electron chi connectivity index (χ1n) is 4.59. The van der Waals surface area contributed by atoms with E-state index in [0.29, 0.717) is 5.69 Å². The van der Waals surface area contributed by atoms with Crippen molar-refractivity contribution in [2.24, 2.45) is 0 Å². The molecule has 0 saturated carbocycles. The molecule has 1 aromatic heterocycles. The molecule has 2 rings (SSSR count). The number of rotatable bonds is 1. The lowest BCUT2D eigenvalue weighted by Gasteiger charge is -2.08. The summed E-state index contributed by atoms with van der Waals surface area (Å²) in [5.41, 5.74) is 11.7. The van der Waals surface area contributed by atoms with E-state index in [1.807, 2.05) is 18.2 Å². The first kappa shape index (κ1) is 10.0. The maximum atomic E-state index is 11.6. The number of hydrogen-bond acceptors (Lipinski definition) is 5. The van der Waals surface area contributed by atoms with E-state index in [1.54, 1.807) is 12.1 Å². The molecule has 0 aliphatic rings. The Hall–Kier alpha value is -2.50. The molecule has 0 saturated heterocycles. The number of aromatic nitrogens is 2. The molecule has 0 unspecified atom stereocenters. The fraction of sp³-hybridized carbons (Fsp3) is 0. The quantitative estimate of drug-likeness (QED) is 0.572. The second kappa shape index (κ2) is 3.58. The summed E-state index contributed by atoms with van der Waals surface area (Å²) in [6, 6.07) is 9.07. The summed E-state index contributed by atoms with van der Waals surface area (Å²) in [6.45, 7) is 0. The van der Waals surface area contributed by atoms with E-state index in [2.05, 4.69) is 4.98 Å². The van der Waals surface area contributed by atoms with Gasteiger partial charge in [-0.2, -0.15) is 4.68 Å². The predicted octanol–water partition coefficient (Wildman–Crippen LogP) is -0.212. The Kier molecular flexibility index (Phi) is 2.24. The summed E-state index contributed by atoms with van der Waals surface area (Å²) in [7, 11) is 0. The molecule has 16 heavy (non-hydrogen) atoms. The van der Waals surface area contributed by atoms with E-state index in [-0.39, 0.29) is 11.6 Å². The largest absolute Gasteiger partial charge is 0.392 e. The van der Waals surface area contributed by atoms with Crippen molar-refractivity contribution in [1.82, 2.24) is 9.66 Å². The molecule has 0 bridgehead atoms. The van der Waals surface area contributed by atoms with Crippen LogP contribution in [0.3, 0.4) is 0 Å². The van der Waals surface area contributed by atoms with Crippen molar-refractivity contribution in [2.75, 3.05) is 17.3 Å². The Morgan fingerprint density at radius 2 is 1.75 bits per heavy atom. The normalized spacial score (nSPS) is 10.2. The highest BCUT2D eigenvalue weighted by molar-refractivity contribution is 5.72. The Morgan fingerprint density at radius 3 is 2.38 bits per heavy atom. The highest BCUT2D eigenvalue weighted by Gasteiger charge is 2.11. The van der Waals surface area contributed by atoms with E-state index in [9.17, 15) is 4.79 Å². The van der Waals surface area contributed by atoms with Crippen molar-refractivity contribution in [3.63, 3.8) is 0 Å². The van der Waals surface area contributed by atoms with Crippen LogP contribution >= 0.6 is 0 Å².